The summed E-state index contributed by atoms with van der Waals surface area (Å²) < 4.78 is 27.6. The lowest BCUT2D eigenvalue weighted by Crippen LogP contribution is -2.10. The number of rotatable bonds is 1. The van der Waals surface area contributed by atoms with Crippen LogP contribution in [0.1, 0.15) is 46.3 Å². The molecule has 1 aromatic carbocycles. The molecule has 0 heterocycles. The van der Waals surface area contributed by atoms with Gasteiger partial charge in [0.1, 0.15) is 0 Å². The highest BCUT2D eigenvalue weighted by atomic mass is 19.2. The highest BCUT2D eigenvalue weighted by molar-refractivity contribution is 5.99. The van der Waals surface area contributed by atoms with Gasteiger partial charge in [-0.3, -0.25) is 4.79 Å². The minimum atomic E-state index is -0.991. The summed E-state index contributed by atoms with van der Waals surface area (Å²) >= 11 is 0. The van der Waals surface area contributed by atoms with E-state index < -0.39 is 11.6 Å². The molecule has 0 atom stereocenters. The van der Waals surface area contributed by atoms with Crippen LogP contribution >= 0.6 is 0 Å². The fraction of sp³-hybridized carbons (Fsp3) is 0.357. The molecule has 1 aliphatic carbocycles. The summed E-state index contributed by atoms with van der Waals surface area (Å²) in [6, 6.07) is 0. The van der Waals surface area contributed by atoms with Gasteiger partial charge in [0.05, 0.1) is 5.56 Å². The van der Waals surface area contributed by atoms with Gasteiger partial charge in [-0.25, -0.2) is 8.78 Å². The maximum Gasteiger partial charge on any atom is 0.170 e. The molecule has 0 amide bonds. The third kappa shape index (κ3) is 1.79. The molecule has 0 fully saturated rings. The van der Waals surface area contributed by atoms with E-state index in [1.165, 1.54) is 13.0 Å². The molecule has 0 unspecified atom stereocenters. The van der Waals surface area contributed by atoms with Gasteiger partial charge in [0.2, 0.25) is 0 Å². The second-order valence-electron chi connectivity index (χ2n) is 4.35. The van der Waals surface area contributed by atoms with Gasteiger partial charge in [-0.2, -0.15) is 0 Å². The molecule has 0 radical (unpaired) electrons. The highest BCUT2D eigenvalue weighted by Crippen LogP contribution is 2.31. The first-order valence-electron chi connectivity index (χ1n) is 5.74. The molecular weight excluding hydrogens is 222 g/mol. The Morgan fingerprint density at radius 2 is 1.82 bits per heavy atom. The predicted molar refractivity (Wildman–Crippen MR) is 63.1 cm³/mol. The summed E-state index contributed by atoms with van der Waals surface area (Å²) in [4.78, 5) is 11.8. The van der Waals surface area contributed by atoms with E-state index >= 15 is 0 Å². The SMILES string of the molecule is C=Cc1c(C)c(F)c(F)c2c1CCCCC2=O. The number of carbonyl (C=O) groups excluding carboxylic acids is 1. The van der Waals surface area contributed by atoms with Gasteiger partial charge in [0.25, 0.3) is 0 Å². The zero-order valence-corrected chi connectivity index (χ0v) is 9.78. The van der Waals surface area contributed by atoms with E-state index in [0.29, 0.717) is 24.0 Å². The second kappa shape index (κ2) is 4.40. The largest absolute Gasteiger partial charge is 0.294 e. The van der Waals surface area contributed by atoms with Crippen molar-refractivity contribution in [2.75, 3.05) is 0 Å². The van der Waals surface area contributed by atoms with Gasteiger partial charge in [-0.1, -0.05) is 12.7 Å². The van der Waals surface area contributed by atoms with Crippen molar-refractivity contribution in [3.05, 3.63) is 40.5 Å². The molecule has 0 aromatic heterocycles. The van der Waals surface area contributed by atoms with Crippen LogP contribution in [0.2, 0.25) is 0 Å². The summed E-state index contributed by atoms with van der Waals surface area (Å²) in [5, 5.41) is 0. The van der Waals surface area contributed by atoms with Crippen molar-refractivity contribution < 1.29 is 13.6 Å². The van der Waals surface area contributed by atoms with Crippen molar-refractivity contribution in [1.82, 2.24) is 0 Å². The first-order valence-corrected chi connectivity index (χ1v) is 5.74. The molecular formula is C14H14F2O. The average Bonchev–Trinajstić information content (AvgIpc) is 2.49. The van der Waals surface area contributed by atoms with Crippen LogP contribution in [0.4, 0.5) is 8.78 Å². The van der Waals surface area contributed by atoms with E-state index in [0.717, 1.165) is 12.8 Å². The zero-order valence-electron chi connectivity index (χ0n) is 9.78. The number of Topliss-reactive ketones (excluding diaryl/α,β-unsaturated/α-hetero) is 1. The summed E-state index contributed by atoms with van der Waals surface area (Å²) in [7, 11) is 0. The van der Waals surface area contributed by atoms with Crippen LogP contribution in [0.15, 0.2) is 6.58 Å². The normalized spacial score (nSPS) is 15.4. The number of halogens is 2. The van der Waals surface area contributed by atoms with Gasteiger partial charge in [-0.05, 0) is 42.9 Å². The fourth-order valence-electron chi connectivity index (χ4n) is 2.43. The zero-order chi connectivity index (χ0) is 12.6. The van der Waals surface area contributed by atoms with Crippen LogP contribution in [-0.4, -0.2) is 5.78 Å². The molecule has 0 saturated carbocycles. The number of carbonyl (C=O) groups is 1. The van der Waals surface area contributed by atoms with Gasteiger partial charge >= 0.3 is 0 Å². The summed E-state index contributed by atoms with van der Waals surface area (Å²) in [6.45, 7) is 5.14. The van der Waals surface area contributed by atoms with E-state index in [9.17, 15) is 13.6 Å². The molecule has 0 N–H and O–H groups in total. The predicted octanol–water partition coefficient (Wildman–Crippen LogP) is 3.83. The molecule has 2 rings (SSSR count). The summed E-state index contributed by atoms with van der Waals surface area (Å²) in [5.74, 6) is -2.21. The number of hydrogen-bond donors (Lipinski definition) is 0. The lowest BCUT2D eigenvalue weighted by molar-refractivity contribution is 0.0977. The lowest BCUT2D eigenvalue weighted by atomic mass is 9.92. The Morgan fingerprint density at radius 1 is 1.18 bits per heavy atom. The highest BCUT2D eigenvalue weighted by Gasteiger charge is 2.26. The van der Waals surface area contributed by atoms with Crippen molar-refractivity contribution in [1.29, 1.82) is 0 Å². The minimum Gasteiger partial charge on any atom is -0.294 e. The summed E-state index contributed by atoms with van der Waals surface area (Å²) in [5.41, 5.74) is 1.39. The van der Waals surface area contributed by atoms with Crippen molar-refractivity contribution >= 4 is 11.9 Å². The Bertz CT molecular complexity index is 504. The van der Waals surface area contributed by atoms with Crippen LogP contribution in [-0.2, 0) is 6.42 Å². The van der Waals surface area contributed by atoms with Crippen molar-refractivity contribution in [2.45, 2.75) is 32.6 Å². The standard InChI is InChI=1S/C14H14F2O/c1-3-9-8(2)13(15)14(16)12-10(9)6-4-5-7-11(12)17/h3H,1,4-7H2,2H3. The Kier molecular flexibility index (Phi) is 3.09. The fourth-order valence-corrected chi connectivity index (χ4v) is 2.43. The molecule has 0 bridgehead atoms. The molecule has 0 aliphatic heterocycles. The maximum atomic E-state index is 13.9. The van der Waals surface area contributed by atoms with Crippen LogP contribution in [0.25, 0.3) is 6.08 Å². The van der Waals surface area contributed by atoms with E-state index in [4.69, 9.17) is 0 Å². The van der Waals surface area contributed by atoms with Crippen LogP contribution in [0, 0.1) is 18.6 Å². The van der Waals surface area contributed by atoms with E-state index in [1.54, 1.807) is 0 Å². The molecule has 1 nitrogen and oxygen atoms in total. The van der Waals surface area contributed by atoms with E-state index in [1.807, 2.05) is 0 Å². The van der Waals surface area contributed by atoms with Crippen LogP contribution in [0.5, 0.6) is 0 Å². The monoisotopic (exact) mass is 236 g/mol. The Balaban J connectivity index is 2.82. The number of ketones is 1. The van der Waals surface area contributed by atoms with Crippen molar-refractivity contribution in [2.24, 2.45) is 0 Å². The quantitative estimate of drug-likeness (QED) is 0.677. The topological polar surface area (TPSA) is 17.1 Å². The molecule has 0 spiro atoms. The molecule has 3 heteroatoms. The van der Waals surface area contributed by atoms with E-state index in [2.05, 4.69) is 6.58 Å². The molecule has 90 valence electrons. The second-order valence-corrected chi connectivity index (χ2v) is 4.35. The number of hydrogen-bond acceptors (Lipinski definition) is 1. The molecule has 1 aliphatic rings. The Labute approximate surface area is 99.1 Å². The van der Waals surface area contributed by atoms with Gasteiger partial charge in [0, 0.05) is 6.42 Å². The van der Waals surface area contributed by atoms with Crippen LogP contribution in [0.3, 0.4) is 0 Å². The first-order chi connectivity index (χ1) is 8.07. The molecule has 0 saturated heterocycles. The van der Waals surface area contributed by atoms with Crippen molar-refractivity contribution in [3.63, 3.8) is 0 Å². The first kappa shape index (κ1) is 12.0. The van der Waals surface area contributed by atoms with Gasteiger partial charge in [-0.15, -0.1) is 0 Å². The Hall–Kier alpha value is -1.51. The average molecular weight is 236 g/mol. The van der Waals surface area contributed by atoms with Gasteiger partial charge in [0.15, 0.2) is 17.4 Å². The molecule has 17 heavy (non-hydrogen) atoms. The third-order valence-corrected chi connectivity index (χ3v) is 3.34. The minimum absolute atomic E-state index is 0.0551. The number of benzene rings is 1. The smallest absolute Gasteiger partial charge is 0.170 e. The molecule has 1 aromatic rings. The Morgan fingerprint density at radius 3 is 2.47 bits per heavy atom. The van der Waals surface area contributed by atoms with Crippen LogP contribution < -0.4 is 0 Å². The number of fused-ring (bicyclic) bond motifs is 1. The van der Waals surface area contributed by atoms with Gasteiger partial charge < -0.3 is 0 Å². The summed E-state index contributed by atoms with van der Waals surface area (Å²) in [6.07, 6.45) is 3.97. The van der Waals surface area contributed by atoms with Crippen molar-refractivity contribution in [3.8, 4) is 0 Å². The maximum absolute atomic E-state index is 13.9. The van der Waals surface area contributed by atoms with E-state index in [-0.39, 0.29) is 16.9 Å². The lowest BCUT2D eigenvalue weighted by Gasteiger charge is -2.14. The third-order valence-electron chi connectivity index (χ3n) is 3.34.